The van der Waals surface area contributed by atoms with Gasteiger partial charge in [-0.05, 0) is 30.3 Å². The molecular weight excluding hydrogens is 360 g/mol. The first-order valence-electron chi connectivity index (χ1n) is 6.70. The Morgan fingerprint density at radius 2 is 2.13 bits per heavy atom. The first-order chi connectivity index (χ1) is 10.9. The highest BCUT2D eigenvalue weighted by molar-refractivity contribution is 7.94. The highest BCUT2D eigenvalue weighted by atomic mass is 35.5. The number of halogens is 1. The van der Waals surface area contributed by atoms with Gasteiger partial charge in [0.2, 0.25) is 5.91 Å². The lowest BCUT2D eigenvalue weighted by Gasteiger charge is -2.29. The third kappa shape index (κ3) is 3.29. The maximum absolute atomic E-state index is 12.3. The monoisotopic (exact) mass is 372 g/mol. The maximum atomic E-state index is 12.3. The van der Waals surface area contributed by atoms with E-state index >= 15 is 0 Å². The Hall–Kier alpha value is -1.77. The molecular formula is C14H13ClN2O4S2. The van der Waals surface area contributed by atoms with Gasteiger partial charge in [-0.2, -0.15) is 0 Å². The highest BCUT2D eigenvalue weighted by Gasteiger charge is 2.23. The molecule has 1 N–H and O–H groups in total. The first-order valence-corrected chi connectivity index (χ1v) is 9.38. The summed E-state index contributed by atoms with van der Waals surface area (Å²) < 4.78 is 33.2. The number of carbonyl (C=O) groups excluding carboxylic acids is 1. The van der Waals surface area contributed by atoms with Crippen molar-refractivity contribution >= 4 is 50.2 Å². The zero-order valence-corrected chi connectivity index (χ0v) is 14.5. The van der Waals surface area contributed by atoms with Crippen LogP contribution in [0, 0.1) is 0 Å². The van der Waals surface area contributed by atoms with E-state index in [1.807, 2.05) is 0 Å². The zero-order valence-electron chi connectivity index (χ0n) is 12.1. The Morgan fingerprint density at radius 3 is 2.78 bits per heavy atom. The summed E-state index contributed by atoms with van der Waals surface area (Å²) >= 11 is 6.76. The first kappa shape index (κ1) is 16.1. The fourth-order valence-corrected chi connectivity index (χ4v) is 4.79. The minimum absolute atomic E-state index is 0.125. The Labute approximate surface area is 142 Å². The van der Waals surface area contributed by atoms with Gasteiger partial charge in [0.1, 0.15) is 16.6 Å². The SMILES string of the molecule is CC(=O)N1CCOc2ccc(NS(=O)(=O)c3ccc(Cl)s3)cc21. The number of ether oxygens (including phenoxy) is 1. The van der Waals surface area contributed by atoms with Crippen LogP contribution in [0.2, 0.25) is 4.34 Å². The summed E-state index contributed by atoms with van der Waals surface area (Å²) in [6.45, 7) is 2.30. The summed E-state index contributed by atoms with van der Waals surface area (Å²) in [5.41, 5.74) is 0.901. The minimum atomic E-state index is -3.72. The second-order valence-corrected chi connectivity index (χ2v) is 8.49. The molecule has 2 heterocycles. The number of carbonyl (C=O) groups is 1. The average molecular weight is 373 g/mol. The molecule has 3 rings (SSSR count). The van der Waals surface area contributed by atoms with Crippen LogP contribution in [-0.2, 0) is 14.8 Å². The second kappa shape index (κ2) is 6.03. The molecule has 0 radical (unpaired) electrons. The van der Waals surface area contributed by atoms with E-state index in [0.29, 0.717) is 34.6 Å². The van der Waals surface area contributed by atoms with Crippen molar-refractivity contribution in [3.63, 3.8) is 0 Å². The third-order valence-electron chi connectivity index (χ3n) is 3.27. The van der Waals surface area contributed by atoms with Crippen LogP contribution in [0.25, 0.3) is 0 Å². The molecule has 0 unspecified atom stereocenters. The van der Waals surface area contributed by atoms with E-state index < -0.39 is 10.0 Å². The van der Waals surface area contributed by atoms with E-state index in [0.717, 1.165) is 11.3 Å². The van der Waals surface area contributed by atoms with Crippen LogP contribution in [-0.4, -0.2) is 27.5 Å². The molecule has 9 heteroatoms. The van der Waals surface area contributed by atoms with Crippen molar-refractivity contribution in [2.24, 2.45) is 0 Å². The minimum Gasteiger partial charge on any atom is -0.490 e. The van der Waals surface area contributed by atoms with Crippen molar-refractivity contribution < 1.29 is 17.9 Å². The Morgan fingerprint density at radius 1 is 1.35 bits per heavy atom. The molecule has 23 heavy (non-hydrogen) atoms. The topological polar surface area (TPSA) is 75.7 Å². The fraction of sp³-hybridized carbons (Fsp3) is 0.214. The molecule has 1 amide bonds. The van der Waals surface area contributed by atoms with Crippen LogP contribution < -0.4 is 14.4 Å². The van der Waals surface area contributed by atoms with Gasteiger partial charge in [0.25, 0.3) is 10.0 Å². The smallest absolute Gasteiger partial charge is 0.271 e. The van der Waals surface area contributed by atoms with Crippen LogP contribution in [0.15, 0.2) is 34.5 Å². The molecule has 0 saturated carbocycles. The number of nitrogens with zero attached hydrogens (tertiary/aromatic N) is 1. The Balaban J connectivity index is 1.93. The van der Waals surface area contributed by atoms with E-state index in [9.17, 15) is 13.2 Å². The van der Waals surface area contributed by atoms with Crippen LogP contribution in [0.1, 0.15) is 6.92 Å². The van der Waals surface area contributed by atoms with Crippen molar-refractivity contribution in [1.82, 2.24) is 0 Å². The number of thiophene rings is 1. The molecule has 0 bridgehead atoms. The molecule has 122 valence electrons. The molecule has 0 atom stereocenters. The van der Waals surface area contributed by atoms with Crippen molar-refractivity contribution in [2.45, 2.75) is 11.1 Å². The number of hydrogen-bond donors (Lipinski definition) is 1. The fourth-order valence-electron chi connectivity index (χ4n) is 2.26. The van der Waals surface area contributed by atoms with Crippen LogP contribution >= 0.6 is 22.9 Å². The lowest BCUT2D eigenvalue weighted by atomic mass is 10.2. The predicted molar refractivity (Wildman–Crippen MR) is 90.1 cm³/mol. The molecule has 1 aromatic carbocycles. The average Bonchev–Trinajstić information content (AvgIpc) is 2.93. The summed E-state index contributed by atoms with van der Waals surface area (Å²) in [6, 6.07) is 7.79. The Kier molecular flexibility index (Phi) is 4.22. The number of amides is 1. The van der Waals surface area contributed by atoms with Crippen molar-refractivity contribution in [3.8, 4) is 5.75 Å². The predicted octanol–water partition coefficient (Wildman–Crippen LogP) is 2.95. The summed E-state index contributed by atoms with van der Waals surface area (Å²) in [5.74, 6) is 0.424. The van der Waals surface area contributed by atoms with Gasteiger partial charge in [0, 0.05) is 6.92 Å². The van der Waals surface area contributed by atoms with Crippen LogP contribution in [0.3, 0.4) is 0 Å². The number of rotatable bonds is 3. The van der Waals surface area contributed by atoms with E-state index in [2.05, 4.69) is 4.72 Å². The number of benzene rings is 1. The summed E-state index contributed by atoms with van der Waals surface area (Å²) in [5, 5.41) is 0. The van der Waals surface area contributed by atoms with Crippen molar-refractivity contribution in [2.75, 3.05) is 22.8 Å². The summed E-state index contributed by atoms with van der Waals surface area (Å²) in [7, 11) is -3.72. The number of sulfonamides is 1. The maximum Gasteiger partial charge on any atom is 0.271 e. The van der Waals surface area contributed by atoms with Gasteiger partial charge in [-0.25, -0.2) is 8.42 Å². The number of hydrogen-bond acceptors (Lipinski definition) is 5. The highest BCUT2D eigenvalue weighted by Crippen LogP contribution is 2.35. The molecule has 2 aromatic rings. The Bertz CT molecular complexity index is 863. The van der Waals surface area contributed by atoms with Gasteiger partial charge in [-0.15, -0.1) is 11.3 Å². The quantitative estimate of drug-likeness (QED) is 0.898. The van der Waals surface area contributed by atoms with Gasteiger partial charge in [-0.3, -0.25) is 9.52 Å². The summed E-state index contributed by atoms with van der Waals surface area (Å²) in [6.07, 6.45) is 0. The van der Waals surface area contributed by atoms with E-state index in [1.54, 1.807) is 23.1 Å². The van der Waals surface area contributed by atoms with Crippen LogP contribution in [0.4, 0.5) is 11.4 Å². The molecule has 0 fully saturated rings. The molecule has 1 aliphatic rings. The largest absolute Gasteiger partial charge is 0.490 e. The molecule has 0 spiro atoms. The van der Waals surface area contributed by atoms with Gasteiger partial charge >= 0.3 is 0 Å². The van der Waals surface area contributed by atoms with E-state index in [1.165, 1.54) is 19.1 Å². The van der Waals surface area contributed by atoms with Gasteiger partial charge in [0.15, 0.2) is 0 Å². The normalized spacial score (nSPS) is 14.1. The van der Waals surface area contributed by atoms with Gasteiger partial charge in [-0.1, -0.05) is 11.6 Å². The molecule has 1 aromatic heterocycles. The van der Waals surface area contributed by atoms with Crippen LogP contribution in [0.5, 0.6) is 5.75 Å². The lowest BCUT2D eigenvalue weighted by Crippen LogP contribution is -2.36. The third-order valence-corrected chi connectivity index (χ3v) is 6.37. The number of fused-ring (bicyclic) bond motifs is 1. The van der Waals surface area contributed by atoms with Crippen molar-refractivity contribution in [3.05, 3.63) is 34.7 Å². The molecule has 1 aliphatic heterocycles. The van der Waals surface area contributed by atoms with Crippen molar-refractivity contribution in [1.29, 1.82) is 0 Å². The number of anilines is 2. The zero-order chi connectivity index (χ0) is 16.6. The summed E-state index contributed by atoms with van der Waals surface area (Å²) in [4.78, 5) is 13.3. The lowest BCUT2D eigenvalue weighted by molar-refractivity contribution is -0.116. The molecule has 0 aliphatic carbocycles. The molecule has 6 nitrogen and oxygen atoms in total. The standard InChI is InChI=1S/C14H13ClN2O4S2/c1-9(18)17-6-7-21-12-3-2-10(8-11(12)17)16-23(19,20)14-5-4-13(15)22-14/h2-5,8,16H,6-7H2,1H3. The second-order valence-electron chi connectivity index (χ2n) is 4.87. The number of nitrogens with one attached hydrogen (secondary N) is 1. The van der Waals surface area contributed by atoms with E-state index in [4.69, 9.17) is 16.3 Å². The van der Waals surface area contributed by atoms with Gasteiger partial charge < -0.3 is 9.64 Å². The van der Waals surface area contributed by atoms with E-state index in [-0.39, 0.29) is 10.1 Å². The van der Waals surface area contributed by atoms with Gasteiger partial charge in [0.05, 0.1) is 22.3 Å². The molecule has 0 saturated heterocycles.